The van der Waals surface area contributed by atoms with Crippen LogP contribution in [0.3, 0.4) is 0 Å². The van der Waals surface area contributed by atoms with Gasteiger partial charge >= 0.3 is 5.57 Å². The molecule has 0 heterocycles. The molecule has 0 aromatic heterocycles. The van der Waals surface area contributed by atoms with Crippen molar-refractivity contribution in [2.45, 2.75) is 25.0 Å². The molecule has 146 valence electrons. The fourth-order valence-corrected chi connectivity index (χ4v) is 3.01. The highest BCUT2D eigenvalue weighted by atomic mass is 79.9. The van der Waals surface area contributed by atoms with Crippen LogP contribution in [0, 0.1) is 0 Å². The molecule has 2 aromatic rings. The number of benzene rings is 2. The summed E-state index contributed by atoms with van der Waals surface area (Å²) in [4.78, 5) is 12.5. The van der Waals surface area contributed by atoms with E-state index in [0.29, 0.717) is 27.0 Å². The van der Waals surface area contributed by atoms with Crippen LogP contribution in [0.2, 0.25) is 0 Å². The Hall–Kier alpha value is -1.90. The van der Waals surface area contributed by atoms with E-state index in [-0.39, 0.29) is 30.6 Å². The van der Waals surface area contributed by atoms with Gasteiger partial charge in [0.15, 0.2) is 5.78 Å². The van der Waals surface area contributed by atoms with E-state index in [0.717, 1.165) is 0 Å². The number of nitrogens with two attached hydrogens (primary N) is 1. The van der Waals surface area contributed by atoms with E-state index < -0.39 is 5.57 Å². The fourth-order valence-electron chi connectivity index (χ4n) is 2.33. The Labute approximate surface area is 168 Å². The minimum Gasteiger partial charge on any atom is -0.420 e. The number of rotatable bonds is 8. The zero-order chi connectivity index (χ0) is 20.2. The SMILES string of the molecule is C[C@H](CO)Nc1c(N)cc(C(=O)Cc2ccc(OC(F)(F)Cl)cc2)cc1Br. The zero-order valence-electron chi connectivity index (χ0n) is 14.3. The molecule has 0 radical (unpaired) electrons. The first-order chi connectivity index (χ1) is 12.6. The van der Waals surface area contributed by atoms with Gasteiger partial charge in [0.1, 0.15) is 5.75 Å². The number of nitrogens with one attached hydrogen (secondary N) is 1. The van der Waals surface area contributed by atoms with Gasteiger partial charge in [-0.15, -0.1) is 8.78 Å². The van der Waals surface area contributed by atoms with Gasteiger partial charge in [0.2, 0.25) is 0 Å². The number of carbonyl (C=O) groups excluding carboxylic acids is 1. The number of hydrogen-bond donors (Lipinski definition) is 3. The summed E-state index contributed by atoms with van der Waals surface area (Å²) in [6.07, 6.45) is 0.0588. The first kappa shape index (κ1) is 21.4. The first-order valence-corrected chi connectivity index (χ1v) is 9.10. The van der Waals surface area contributed by atoms with Crippen LogP contribution in [0.4, 0.5) is 20.2 Å². The number of ketones is 1. The summed E-state index contributed by atoms with van der Waals surface area (Å²) < 4.78 is 30.0. The second-order valence-corrected chi connectivity index (χ2v) is 7.24. The number of anilines is 2. The molecule has 0 amide bonds. The van der Waals surface area contributed by atoms with Gasteiger partial charge in [-0.1, -0.05) is 12.1 Å². The Bertz CT molecular complexity index is 790. The van der Waals surface area contributed by atoms with Crippen molar-refractivity contribution >= 4 is 44.7 Å². The van der Waals surface area contributed by atoms with Crippen molar-refractivity contribution in [2.24, 2.45) is 0 Å². The predicted molar refractivity (Wildman–Crippen MR) is 105 cm³/mol. The molecule has 27 heavy (non-hydrogen) atoms. The van der Waals surface area contributed by atoms with Crippen LogP contribution in [0.15, 0.2) is 40.9 Å². The number of alkyl halides is 3. The smallest absolute Gasteiger partial charge is 0.420 e. The molecule has 0 saturated carbocycles. The van der Waals surface area contributed by atoms with Crippen LogP contribution in [-0.4, -0.2) is 29.1 Å². The number of Topliss-reactive ketones (excluding diaryl/α,β-unsaturated/α-hetero) is 1. The molecule has 0 bridgehead atoms. The zero-order valence-corrected chi connectivity index (χ0v) is 16.7. The lowest BCUT2D eigenvalue weighted by atomic mass is 10.0. The van der Waals surface area contributed by atoms with E-state index in [4.69, 9.17) is 22.4 Å². The van der Waals surface area contributed by atoms with E-state index >= 15 is 0 Å². The maximum atomic E-state index is 12.6. The number of nitrogen functional groups attached to an aromatic ring is 1. The Morgan fingerprint density at radius 2 is 2.00 bits per heavy atom. The van der Waals surface area contributed by atoms with Crippen molar-refractivity contribution in [3.05, 3.63) is 52.0 Å². The molecule has 0 fully saturated rings. The molecule has 5 nitrogen and oxygen atoms in total. The third-order valence-corrected chi connectivity index (χ3v) is 4.33. The van der Waals surface area contributed by atoms with Crippen molar-refractivity contribution in [1.82, 2.24) is 0 Å². The van der Waals surface area contributed by atoms with E-state index in [9.17, 15) is 13.6 Å². The molecule has 4 N–H and O–H groups in total. The molecule has 1 atom stereocenters. The Kier molecular flexibility index (Phi) is 7.02. The quantitative estimate of drug-likeness (QED) is 0.307. The van der Waals surface area contributed by atoms with Crippen LogP contribution < -0.4 is 15.8 Å². The van der Waals surface area contributed by atoms with Gasteiger partial charge in [0.05, 0.1) is 18.0 Å². The lowest BCUT2D eigenvalue weighted by Gasteiger charge is -2.17. The molecule has 9 heteroatoms. The van der Waals surface area contributed by atoms with E-state index in [1.165, 1.54) is 24.3 Å². The van der Waals surface area contributed by atoms with Gasteiger partial charge in [-0.25, -0.2) is 0 Å². The molecular formula is C18H18BrClF2N2O3. The normalized spacial score (nSPS) is 12.5. The van der Waals surface area contributed by atoms with Crippen molar-refractivity contribution in [3.8, 4) is 5.75 Å². The Morgan fingerprint density at radius 1 is 1.37 bits per heavy atom. The number of hydrogen-bond acceptors (Lipinski definition) is 5. The second kappa shape index (κ2) is 8.86. The minimum absolute atomic E-state index is 0.0588. The highest BCUT2D eigenvalue weighted by Gasteiger charge is 2.27. The van der Waals surface area contributed by atoms with Gasteiger partial charge < -0.3 is 20.9 Å². The summed E-state index contributed by atoms with van der Waals surface area (Å²) in [6, 6.07) is 8.62. The number of aliphatic hydroxyl groups is 1. The summed E-state index contributed by atoms with van der Waals surface area (Å²) in [5.74, 6) is -0.299. The molecule has 2 rings (SSSR count). The van der Waals surface area contributed by atoms with Crippen LogP contribution in [0.1, 0.15) is 22.8 Å². The standard InChI is InChI=1S/C18H18BrClF2N2O3/c1-10(9-25)24-17-14(19)7-12(8-15(17)23)16(26)6-11-2-4-13(5-3-11)27-18(20,21)22/h2-5,7-8,10,24-25H,6,9,23H2,1H3/t10-/m1/s1. The Morgan fingerprint density at radius 3 is 2.52 bits per heavy atom. The van der Waals surface area contributed by atoms with Crippen LogP contribution in [0.5, 0.6) is 5.75 Å². The maximum Gasteiger partial charge on any atom is 0.487 e. The fraction of sp³-hybridized carbons (Fsp3) is 0.278. The summed E-state index contributed by atoms with van der Waals surface area (Å²) in [5.41, 5.74) is 4.20. The molecule has 0 aliphatic rings. The van der Waals surface area contributed by atoms with Crippen molar-refractivity contribution in [1.29, 1.82) is 0 Å². The van der Waals surface area contributed by atoms with E-state index in [1.54, 1.807) is 19.1 Å². The first-order valence-electron chi connectivity index (χ1n) is 7.93. The molecule has 0 saturated heterocycles. The van der Waals surface area contributed by atoms with Crippen LogP contribution >= 0.6 is 27.5 Å². The van der Waals surface area contributed by atoms with E-state index in [2.05, 4.69) is 26.0 Å². The highest BCUT2D eigenvalue weighted by Crippen LogP contribution is 2.32. The van der Waals surface area contributed by atoms with Gasteiger partial charge in [-0.2, -0.15) is 0 Å². The number of halogens is 4. The van der Waals surface area contributed by atoms with E-state index in [1.807, 2.05) is 0 Å². The molecule has 0 aliphatic carbocycles. The third kappa shape index (κ3) is 6.34. The summed E-state index contributed by atoms with van der Waals surface area (Å²) >= 11 is 8.08. The van der Waals surface area contributed by atoms with Gasteiger partial charge in [0, 0.05) is 34.1 Å². The lowest BCUT2D eigenvalue weighted by Crippen LogP contribution is -2.20. The number of ether oxygens (including phenoxy) is 1. The second-order valence-electron chi connectivity index (χ2n) is 5.94. The van der Waals surface area contributed by atoms with Crippen molar-refractivity contribution in [2.75, 3.05) is 17.7 Å². The summed E-state index contributed by atoms with van der Waals surface area (Å²) in [7, 11) is 0. The van der Waals surface area contributed by atoms with Crippen LogP contribution in [-0.2, 0) is 6.42 Å². The van der Waals surface area contributed by atoms with Gasteiger partial charge in [0.25, 0.3) is 0 Å². The molecule has 0 unspecified atom stereocenters. The lowest BCUT2D eigenvalue weighted by molar-refractivity contribution is -0.0964. The molecule has 0 spiro atoms. The van der Waals surface area contributed by atoms with Crippen LogP contribution in [0.25, 0.3) is 0 Å². The van der Waals surface area contributed by atoms with Gasteiger partial charge in [-0.3, -0.25) is 4.79 Å². The topological polar surface area (TPSA) is 84.6 Å². The monoisotopic (exact) mass is 462 g/mol. The van der Waals surface area contributed by atoms with Gasteiger partial charge in [-0.05, 0) is 52.7 Å². The average Bonchev–Trinajstić information content (AvgIpc) is 2.58. The predicted octanol–water partition coefficient (Wildman–Crippen LogP) is 4.42. The molecular weight excluding hydrogens is 446 g/mol. The average molecular weight is 464 g/mol. The van der Waals surface area contributed by atoms with Crippen molar-refractivity contribution < 1.29 is 23.4 Å². The third-order valence-electron chi connectivity index (χ3n) is 3.63. The number of carbonyl (C=O) groups is 1. The molecule has 0 aliphatic heterocycles. The largest absolute Gasteiger partial charge is 0.487 e. The van der Waals surface area contributed by atoms with Crippen molar-refractivity contribution in [3.63, 3.8) is 0 Å². The minimum atomic E-state index is -3.79. The summed E-state index contributed by atoms with van der Waals surface area (Å²) in [6.45, 7) is 1.72. The Balaban J connectivity index is 2.12. The summed E-state index contributed by atoms with van der Waals surface area (Å²) in [5, 5.41) is 12.2. The maximum absolute atomic E-state index is 12.6. The molecule has 2 aromatic carbocycles. The highest BCUT2D eigenvalue weighted by molar-refractivity contribution is 9.10. The number of aliphatic hydroxyl groups excluding tert-OH is 1.